The fourth-order valence-electron chi connectivity index (χ4n) is 3.08. The van der Waals surface area contributed by atoms with Crippen molar-refractivity contribution in [2.24, 2.45) is 0 Å². The number of hydrogen-bond acceptors (Lipinski definition) is 2. The second kappa shape index (κ2) is 7.51. The standard InChI is InChI=1S/C21H20F2N2/c1-3-16-7-4-5-8-17(16)18-9-6-10-24-19(18)12-15-11-14(2)20(21(22)23)25-13-15/h4-11,13,21H,3,12H2,1-2H3. The maximum absolute atomic E-state index is 12.9. The molecule has 3 rings (SSSR count). The summed E-state index contributed by atoms with van der Waals surface area (Å²) in [6, 6.07) is 14.0. The van der Waals surface area contributed by atoms with Gasteiger partial charge in [0, 0.05) is 24.4 Å². The van der Waals surface area contributed by atoms with E-state index in [1.54, 1.807) is 19.2 Å². The van der Waals surface area contributed by atoms with Crippen LogP contribution in [-0.2, 0) is 12.8 Å². The van der Waals surface area contributed by atoms with Gasteiger partial charge in [-0.1, -0.05) is 43.3 Å². The van der Waals surface area contributed by atoms with E-state index in [9.17, 15) is 8.78 Å². The number of halogens is 2. The molecule has 0 unspecified atom stereocenters. The van der Waals surface area contributed by atoms with Crippen molar-refractivity contribution in [2.75, 3.05) is 0 Å². The highest BCUT2D eigenvalue weighted by Gasteiger charge is 2.14. The Morgan fingerprint density at radius 1 is 1.00 bits per heavy atom. The Kier molecular flexibility index (Phi) is 5.17. The predicted octanol–water partition coefficient (Wildman–Crippen LogP) is 5.54. The van der Waals surface area contributed by atoms with E-state index in [1.807, 2.05) is 18.2 Å². The van der Waals surface area contributed by atoms with Crippen LogP contribution in [0.25, 0.3) is 11.1 Å². The van der Waals surface area contributed by atoms with Crippen molar-refractivity contribution in [1.29, 1.82) is 0 Å². The zero-order valence-corrected chi connectivity index (χ0v) is 14.3. The molecule has 2 nitrogen and oxygen atoms in total. The Morgan fingerprint density at radius 2 is 1.76 bits per heavy atom. The fraction of sp³-hybridized carbons (Fsp3) is 0.238. The van der Waals surface area contributed by atoms with Crippen molar-refractivity contribution in [3.05, 3.63) is 82.9 Å². The van der Waals surface area contributed by atoms with E-state index >= 15 is 0 Å². The third kappa shape index (κ3) is 3.73. The fourth-order valence-corrected chi connectivity index (χ4v) is 3.08. The summed E-state index contributed by atoms with van der Waals surface area (Å²) in [7, 11) is 0. The number of pyridine rings is 2. The van der Waals surface area contributed by atoms with E-state index in [0.29, 0.717) is 12.0 Å². The first-order valence-corrected chi connectivity index (χ1v) is 8.36. The summed E-state index contributed by atoms with van der Waals surface area (Å²) in [4.78, 5) is 8.47. The van der Waals surface area contributed by atoms with Crippen LogP contribution < -0.4 is 0 Å². The van der Waals surface area contributed by atoms with Gasteiger partial charge < -0.3 is 0 Å². The van der Waals surface area contributed by atoms with Gasteiger partial charge in [0.25, 0.3) is 6.43 Å². The minimum Gasteiger partial charge on any atom is -0.260 e. The first kappa shape index (κ1) is 17.2. The maximum Gasteiger partial charge on any atom is 0.280 e. The Balaban J connectivity index is 1.98. The topological polar surface area (TPSA) is 25.8 Å². The van der Waals surface area contributed by atoms with Crippen molar-refractivity contribution in [3.63, 3.8) is 0 Å². The molecule has 0 saturated heterocycles. The largest absolute Gasteiger partial charge is 0.280 e. The van der Waals surface area contributed by atoms with E-state index in [-0.39, 0.29) is 5.69 Å². The van der Waals surface area contributed by atoms with Gasteiger partial charge in [-0.15, -0.1) is 0 Å². The van der Waals surface area contributed by atoms with Crippen LogP contribution in [0.15, 0.2) is 54.9 Å². The summed E-state index contributed by atoms with van der Waals surface area (Å²) in [5.74, 6) is 0. The third-order valence-corrected chi connectivity index (χ3v) is 4.33. The highest BCUT2D eigenvalue weighted by Crippen LogP contribution is 2.28. The van der Waals surface area contributed by atoms with Crippen LogP contribution in [0.1, 0.15) is 41.4 Å². The number of benzene rings is 1. The van der Waals surface area contributed by atoms with Crippen molar-refractivity contribution in [1.82, 2.24) is 9.97 Å². The van der Waals surface area contributed by atoms with Gasteiger partial charge in [0.05, 0.1) is 5.69 Å². The highest BCUT2D eigenvalue weighted by molar-refractivity contribution is 5.69. The summed E-state index contributed by atoms with van der Waals surface area (Å²) < 4.78 is 25.8. The Bertz CT molecular complexity index is 875. The minimum atomic E-state index is -2.55. The second-order valence-electron chi connectivity index (χ2n) is 6.03. The van der Waals surface area contributed by atoms with Crippen LogP contribution in [0.4, 0.5) is 8.78 Å². The van der Waals surface area contributed by atoms with Gasteiger partial charge in [-0.2, -0.15) is 0 Å². The van der Waals surface area contributed by atoms with E-state index in [1.165, 1.54) is 17.3 Å². The van der Waals surface area contributed by atoms with Gasteiger partial charge in [0.2, 0.25) is 0 Å². The third-order valence-electron chi connectivity index (χ3n) is 4.33. The summed E-state index contributed by atoms with van der Waals surface area (Å²) >= 11 is 0. The lowest BCUT2D eigenvalue weighted by atomic mass is 9.94. The zero-order valence-electron chi connectivity index (χ0n) is 14.3. The number of nitrogens with zero attached hydrogens (tertiary/aromatic N) is 2. The maximum atomic E-state index is 12.9. The normalized spacial score (nSPS) is 11.1. The molecule has 0 radical (unpaired) electrons. The van der Waals surface area contributed by atoms with Crippen LogP contribution >= 0.6 is 0 Å². The zero-order chi connectivity index (χ0) is 17.8. The molecule has 1 aromatic carbocycles. The molecular formula is C21H20F2N2. The van der Waals surface area contributed by atoms with E-state index in [4.69, 9.17) is 0 Å². The van der Waals surface area contributed by atoms with E-state index in [0.717, 1.165) is 23.2 Å². The summed E-state index contributed by atoms with van der Waals surface area (Å²) in [6.45, 7) is 3.80. The Morgan fingerprint density at radius 3 is 2.48 bits per heavy atom. The molecule has 0 saturated carbocycles. The van der Waals surface area contributed by atoms with Crippen LogP contribution in [-0.4, -0.2) is 9.97 Å². The summed E-state index contributed by atoms with van der Waals surface area (Å²) in [5.41, 5.74) is 5.68. The number of alkyl halides is 2. The highest BCUT2D eigenvalue weighted by atomic mass is 19.3. The molecule has 0 fully saturated rings. The Hall–Kier alpha value is -2.62. The second-order valence-corrected chi connectivity index (χ2v) is 6.03. The molecule has 0 aliphatic carbocycles. The molecule has 0 aliphatic rings. The smallest absolute Gasteiger partial charge is 0.260 e. The molecule has 25 heavy (non-hydrogen) atoms. The lowest BCUT2D eigenvalue weighted by Gasteiger charge is -2.13. The van der Waals surface area contributed by atoms with Crippen molar-refractivity contribution >= 4 is 0 Å². The first-order chi connectivity index (χ1) is 12.1. The summed E-state index contributed by atoms with van der Waals surface area (Å²) in [6.07, 6.45) is 2.25. The number of aryl methyl sites for hydroxylation is 2. The van der Waals surface area contributed by atoms with Crippen LogP contribution in [0, 0.1) is 6.92 Å². The first-order valence-electron chi connectivity index (χ1n) is 8.36. The Labute approximate surface area is 146 Å². The van der Waals surface area contributed by atoms with E-state index in [2.05, 4.69) is 35.1 Å². The van der Waals surface area contributed by atoms with Gasteiger partial charge in [0.1, 0.15) is 5.69 Å². The monoisotopic (exact) mass is 338 g/mol. The molecule has 4 heteroatoms. The average Bonchev–Trinajstić information content (AvgIpc) is 2.62. The van der Waals surface area contributed by atoms with E-state index < -0.39 is 6.43 Å². The molecule has 2 aromatic heterocycles. The number of rotatable bonds is 5. The SMILES string of the molecule is CCc1ccccc1-c1cccnc1Cc1cnc(C(F)F)c(C)c1. The molecule has 0 bridgehead atoms. The summed E-state index contributed by atoms with van der Waals surface area (Å²) in [5, 5.41) is 0. The lowest BCUT2D eigenvalue weighted by Crippen LogP contribution is -2.01. The number of aromatic nitrogens is 2. The van der Waals surface area contributed by atoms with Gasteiger partial charge in [-0.3, -0.25) is 9.97 Å². The molecular weight excluding hydrogens is 318 g/mol. The van der Waals surface area contributed by atoms with Gasteiger partial charge in [-0.05, 0) is 41.7 Å². The molecule has 0 spiro atoms. The molecule has 0 aliphatic heterocycles. The van der Waals surface area contributed by atoms with Gasteiger partial charge in [-0.25, -0.2) is 8.78 Å². The predicted molar refractivity (Wildman–Crippen MR) is 95.8 cm³/mol. The van der Waals surface area contributed by atoms with Crippen molar-refractivity contribution < 1.29 is 8.78 Å². The quantitative estimate of drug-likeness (QED) is 0.610. The van der Waals surface area contributed by atoms with Crippen molar-refractivity contribution in [2.45, 2.75) is 33.1 Å². The molecule has 2 heterocycles. The lowest BCUT2D eigenvalue weighted by molar-refractivity contribution is 0.145. The number of hydrogen-bond donors (Lipinski definition) is 0. The van der Waals surface area contributed by atoms with Crippen LogP contribution in [0.2, 0.25) is 0 Å². The molecule has 0 amide bonds. The molecule has 0 N–H and O–H groups in total. The molecule has 3 aromatic rings. The van der Waals surface area contributed by atoms with Crippen LogP contribution in [0.3, 0.4) is 0 Å². The van der Waals surface area contributed by atoms with Crippen molar-refractivity contribution in [3.8, 4) is 11.1 Å². The minimum absolute atomic E-state index is 0.152. The average molecular weight is 338 g/mol. The van der Waals surface area contributed by atoms with Gasteiger partial charge in [0.15, 0.2) is 0 Å². The van der Waals surface area contributed by atoms with Gasteiger partial charge >= 0.3 is 0 Å². The molecule has 0 atom stereocenters. The molecule has 128 valence electrons. The van der Waals surface area contributed by atoms with Crippen LogP contribution in [0.5, 0.6) is 0 Å².